The summed E-state index contributed by atoms with van der Waals surface area (Å²) in [5, 5.41) is 1.13. The van der Waals surface area contributed by atoms with Gasteiger partial charge in [-0.3, -0.25) is 4.79 Å². The second-order valence-electron chi connectivity index (χ2n) is 6.88. The molecule has 6 heteroatoms. The summed E-state index contributed by atoms with van der Waals surface area (Å²) in [4.78, 5) is 18.3. The van der Waals surface area contributed by atoms with Crippen LogP contribution in [0.15, 0.2) is 48.7 Å². The van der Waals surface area contributed by atoms with E-state index in [1.54, 1.807) is 33.5 Å². The molecule has 0 atom stereocenters. The van der Waals surface area contributed by atoms with Crippen LogP contribution in [0.4, 0.5) is 0 Å². The first-order valence-corrected chi connectivity index (χ1v) is 9.51. The number of fused-ring (bicyclic) bond motifs is 1. The van der Waals surface area contributed by atoms with E-state index in [4.69, 9.17) is 14.2 Å². The van der Waals surface area contributed by atoms with Crippen molar-refractivity contribution in [2.45, 2.75) is 6.42 Å². The molecule has 0 saturated heterocycles. The van der Waals surface area contributed by atoms with Crippen molar-refractivity contribution >= 4 is 22.4 Å². The summed E-state index contributed by atoms with van der Waals surface area (Å²) >= 11 is 0. The van der Waals surface area contributed by atoms with Crippen LogP contribution in [0.5, 0.6) is 17.2 Å². The first-order valence-electron chi connectivity index (χ1n) is 9.51. The summed E-state index contributed by atoms with van der Waals surface area (Å²) in [6.07, 6.45) is 4.91. The number of amides is 1. The van der Waals surface area contributed by atoms with Crippen LogP contribution < -0.4 is 14.2 Å². The van der Waals surface area contributed by atoms with Gasteiger partial charge in [0.15, 0.2) is 0 Å². The SMILES string of the molecule is COc1ccc2[nH]cc(C3=CCN(C(=O)c4c(OC)cccc4OC)CC3)c2c1. The fourth-order valence-electron chi connectivity index (χ4n) is 3.81. The van der Waals surface area contributed by atoms with Crippen molar-refractivity contribution < 1.29 is 19.0 Å². The number of aromatic nitrogens is 1. The molecule has 0 fully saturated rings. The van der Waals surface area contributed by atoms with Crippen LogP contribution in [-0.4, -0.2) is 50.2 Å². The van der Waals surface area contributed by atoms with E-state index in [2.05, 4.69) is 11.1 Å². The zero-order chi connectivity index (χ0) is 20.4. The number of hydrogen-bond donors (Lipinski definition) is 1. The molecule has 1 N–H and O–H groups in total. The van der Waals surface area contributed by atoms with Crippen molar-refractivity contribution in [2.24, 2.45) is 0 Å². The van der Waals surface area contributed by atoms with Crippen LogP contribution >= 0.6 is 0 Å². The maximum Gasteiger partial charge on any atom is 0.261 e. The molecule has 0 spiro atoms. The number of hydrogen-bond acceptors (Lipinski definition) is 4. The number of H-pyrrole nitrogens is 1. The van der Waals surface area contributed by atoms with E-state index in [-0.39, 0.29) is 5.91 Å². The molecular weight excluding hydrogens is 368 g/mol. The zero-order valence-corrected chi connectivity index (χ0v) is 16.8. The Kier molecular flexibility index (Phi) is 5.16. The Hall–Kier alpha value is -3.41. The number of nitrogens with one attached hydrogen (secondary N) is 1. The van der Waals surface area contributed by atoms with Crippen LogP contribution in [-0.2, 0) is 0 Å². The molecule has 29 heavy (non-hydrogen) atoms. The number of carbonyl (C=O) groups excluding carboxylic acids is 1. The van der Waals surface area contributed by atoms with Crippen LogP contribution in [0.1, 0.15) is 22.3 Å². The van der Waals surface area contributed by atoms with E-state index in [0.717, 1.165) is 28.6 Å². The summed E-state index contributed by atoms with van der Waals surface area (Å²) < 4.78 is 16.1. The predicted molar refractivity (Wildman–Crippen MR) is 113 cm³/mol. The molecule has 2 aromatic carbocycles. The third kappa shape index (κ3) is 3.42. The van der Waals surface area contributed by atoms with E-state index >= 15 is 0 Å². The zero-order valence-electron chi connectivity index (χ0n) is 16.8. The molecular formula is C23H24N2O4. The summed E-state index contributed by atoms with van der Waals surface area (Å²) in [6, 6.07) is 11.4. The topological polar surface area (TPSA) is 63.8 Å². The van der Waals surface area contributed by atoms with Gasteiger partial charge in [0.1, 0.15) is 22.8 Å². The van der Waals surface area contributed by atoms with Gasteiger partial charge in [0.2, 0.25) is 0 Å². The molecule has 1 aromatic heterocycles. The average molecular weight is 392 g/mol. The van der Waals surface area contributed by atoms with Crippen LogP contribution in [0.2, 0.25) is 0 Å². The van der Waals surface area contributed by atoms with Gasteiger partial charge in [-0.1, -0.05) is 12.1 Å². The summed E-state index contributed by atoms with van der Waals surface area (Å²) in [5.41, 5.74) is 3.91. The van der Waals surface area contributed by atoms with Gasteiger partial charge in [0.25, 0.3) is 5.91 Å². The largest absolute Gasteiger partial charge is 0.497 e. The second kappa shape index (κ2) is 7.91. The monoisotopic (exact) mass is 392 g/mol. The Balaban J connectivity index is 1.60. The number of rotatable bonds is 5. The molecule has 0 radical (unpaired) electrons. The molecule has 0 bridgehead atoms. The van der Waals surface area contributed by atoms with Gasteiger partial charge in [0, 0.05) is 35.8 Å². The normalized spacial score (nSPS) is 13.9. The van der Waals surface area contributed by atoms with Crippen LogP contribution in [0, 0.1) is 0 Å². The highest BCUT2D eigenvalue weighted by atomic mass is 16.5. The van der Waals surface area contributed by atoms with E-state index in [1.807, 2.05) is 35.4 Å². The fraction of sp³-hybridized carbons (Fsp3) is 0.261. The van der Waals surface area contributed by atoms with E-state index in [1.165, 1.54) is 5.57 Å². The van der Waals surface area contributed by atoms with Crippen LogP contribution in [0.3, 0.4) is 0 Å². The molecule has 6 nitrogen and oxygen atoms in total. The Morgan fingerprint density at radius 2 is 1.79 bits per heavy atom. The van der Waals surface area contributed by atoms with Crippen molar-refractivity contribution in [2.75, 3.05) is 34.4 Å². The molecule has 1 aliphatic rings. The maximum absolute atomic E-state index is 13.2. The second-order valence-corrected chi connectivity index (χ2v) is 6.88. The number of aromatic amines is 1. The van der Waals surface area contributed by atoms with Gasteiger partial charge in [-0.05, 0) is 42.3 Å². The van der Waals surface area contributed by atoms with Crippen LogP contribution in [0.25, 0.3) is 16.5 Å². The molecule has 2 heterocycles. The molecule has 1 amide bonds. The number of methoxy groups -OCH3 is 3. The van der Waals surface area contributed by atoms with Gasteiger partial charge < -0.3 is 24.1 Å². The summed E-state index contributed by atoms with van der Waals surface area (Å²) in [7, 11) is 4.79. The molecule has 1 aliphatic heterocycles. The average Bonchev–Trinajstić information content (AvgIpc) is 3.21. The standard InChI is InChI=1S/C23H24N2O4/c1-27-16-7-8-19-17(13-16)18(14-24-19)15-9-11-25(12-10-15)23(26)22-20(28-2)5-4-6-21(22)29-3/h4-9,13-14,24H,10-12H2,1-3H3. The quantitative estimate of drug-likeness (QED) is 0.709. The maximum atomic E-state index is 13.2. The number of carbonyl (C=O) groups is 1. The number of nitrogens with zero attached hydrogens (tertiary/aromatic N) is 1. The van der Waals surface area contributed by atoms with Crippen molar-refractivity contribution in [3.63, 3.8) is 0 Å². The first-order chi connectivity index (χ1) is 14.2. The Morgan fingerprint density at radius 1 is 1.03 bits per heavy atom. The lowest BCUT2D eigenvalue weighted by Gasteiger charge is -2.27. The Labute approximate surface area is 169 Å². The highest BCUT2D eigenvalue weighted by Gasteiger charge is 2.26. The van der Waals surface area contributed by atoms with Crippen molar-refractivity contribution in [1.82, 2.24) is 9.88 Å². The highest BCUT2D eigenvalue weighted by molar-refractivity contribution is 6.00. The highest BCUT2D eigenvalue weighted by Crippen LogP contribution is 2.34. The predicted octanol–water partition coefficient (Wildman–Crippen LogP) is 4.12. The summed E-state index contributed by atoms with van der Waals surface area (Å²) in [6.45, 7) is 1.16. The fourth-order valence-corrected chi connectivity index (χ4v) is 3.81. The molecule has 4 rings (SSSR count). The van der Waals surface area contributed by atoms with Gasteiger partial charge in [0.05, 0.1) is 21.3 Å². The molecule has 0 saturated carbocycles. The van der Waals surface area contributed by atoms with Crippen molar-refractivity contribution in [1.29, 1.82) is 0 Å². The lowest BCUT2D eigenvalue weighted by atomic mass is 9.98. The van der Waals surface area contributed by atoms with E-state index < -0.39 is 0 Å². The Bertz CT molecular complexity index is 1060. The molecule has 150 valence electrons. The van der Waals surface area contributed by atoms with Gasteiger partial charge in [-0.15, -0.1) is 0 Å². The lowest BCUT2D eigenvalue weighted by molar-refractivity contribution is 0.0766. The van der Waals surface area contributed by atoms with Gasteiger partial charge >= 0.3 is 0 Å². The molecule has 0 aliphatic carbocycles. The van der Waals surface area contributed by atoms with Gasteiger partial charge in [-0.25, -0.2) is 0 Å². The third-order valence-corrected chi connectivity index (χ3v) is 5.37. The number of ether oxygens (including phenoxy) is 3. The minimum absolute atomic E-state index is 0.0878. The van der Waals surface area contributed by atoms with Crippen molar-refractivity contribution in [3.8, 4) is 17.2 Å². The minimum Gasteiger partial charge on any atom is -0.497 e. The number of benzene rings is 2. The summed E-state index contributed by atoms with van der Waals surface area (Å²) in [5.74, 6) is 1.78. The van der Waals surface area contributed by atoms with Gasteiger partial charge in [-0.2, -0.15) is 0 Å². The van der Waals surface area contributed by atoms with E-state index in [9.17, 15) is 4.79 Å². The molecule has 3 aromatic rings. The first kappa shape index (κ1) is 18.9. The lowest BCUT2D eigenvalue weighted by Crippen LogP contribution is -2.35. The van der Waals surface area contributed by atoms with Crippen molar-refractivity contribution in [3.05, 3.63) is 59.8 Å². The minimum atomic E-state index is -0.0878. The smallest absolute Gasteiger partial charge is 0.261 e. The Morgan fingerprint density at radius 3 is 2.41 bits per heavy atom. The molecule has 0 unspecified atom stereocenters. The van der Waals surface area contributed by atoms with E-state index in [0.29, 0.717) is 30.2 Å². The third-order valence-electron chi connectivity index (χ3n) is 5.37.